The molecule has 0 saturated heterocycles. The summed E-state index contributed by atoms with van der Waals surface area (Å²) in [7, 11) is -4.19. The van der Waals surface area contributed by atoms with Gasteiger partial charge in [0.05, 0.1) is 26.1 Å². The summed E-state index contributed by atoms with van der Waals surface area (Å²) in [5, 5.41) is 2.32. The highest BCUT2D eigenvalue weighted by atomic mass is 35.5. The van der Waals surface area contributed by atoms with Crippen LogP contribution in [0.25, 0.3) is 0 Å². The maximum atomic E-state index is 13.0. The van der Waals surface area contributed by atoms with Crippen molar-refractivity contribution in [2.75, 3.05) is 10.0 Å². The molecule has 0 aliphatic heterocycles. The number of hydrogen-bond acceptors (Lipinski definition) is 3. The summed E-state index contributed by atoms with van der Waals surface area (Å²) >= 11 is 11.6. The Labute approximate surface area is 192 Å². The Balaban J connectivity index is 1.77. The number of carbonyl (C=O) groups excluding carboxylic acids is 1. The van der Waals surface area contributed by atoms with Crippen LogP contribution in [0.2, 0.25) is 10.0 Å². The minimum atomic E-state index is -4.74. The minimum Gasteiger partial charge on any atom is -0.322 e. The van der Waals surface area contributed by atoms with Crippen molar-refractivity contribution in [2.45, 2.75) is 18.0 Å². The Hall–Kier alpha value is -2.75. The monoisotopic (exact) mass is 502 g/mol. The highest BCUT2D eigenvalue weighted by Gasteiger charge is 2.33. The Morgan fingerprint density at radius 3 is 2.09 bits per heavy atom. The Bertz CT molecular complexity index is 1280. The SMILES string of the molecule is Cc1ccc(C(=O)Nc2ccc(S(=O)(=O)Nc3ccc(Cl)c(C(F)(F)F)c3)cc2)c(Cl)c1. The molecule has 0 spiro atoms. The zero-order valence-corrected chi connectivity index (χ0v) is 18.6. The number of carbonyl (C=O) groups is 1. The summed E-state index contributed by atoms with van der Waals surface area (Å²) < 4.78 is 66.2. The molecule has 0 atom stereocenters. The summed E-state index contributed by atoms with van der Waals surface area (Å²) in [5.41, 5.74) is -0.0211. The zero-order valence-electron chi connectivity index (χ0n) is 16.3. The predicted octanol–water partition coefficient (Wildman–Crippen LogP) is 6.37. The van der Waals surface area contributed by atoms with Gasteiger partial charge in [0.2, 0.25) is 0 Å². The second-order valence-electron chi connectivity index (χ2n) is 6.76. The molecule has 0 aromatic heterocycles. The number of alkyl halides is 3. The third-order valence-electron chi connectivity index (χ3n) is 4.32. The van der Waals surface area contributed by atoms with Crippen LogP contribution in [-0.4, -0.2) is 14.3 Å². The molecule has 0 bridgehead atoms. The Morgan fingerprint density at radius 2 is 1.50 bits per heavy atom. The first-order valence-electron chi connectivity index (χ1n) is 8.94. The van der Waals surface area contributed by atoms with Crippen LogP contribution >= 0.6 is 23.2 Å². The van der Waals surface area contributed by atoms with Gasteiger partial charge in [0.1, 0.15) is 0 Å². The molecule has 0 radical (unpaired) electrons. The lowest BCUT2D eigenvalue weighted by atomic mass is 10.1. The van der Waals surface area contributed by atoms with E-state index in [2.05, 4.69) is 10.0 Å². The van der Waals surface area contributed by atoms with Gasteiger partial charge in [0, 0.05) is 11.4 Å². The van der Waals surface area contributed by atoms with Crippen LogP contribution in [0.4, 0.5) is 24.5 Å². The van der Waals surface area contributed by atoms with E-state index < -0.39 is 32.7 Å². The number of hydrogen-bond donors (Lipinski definition) is 2. The molecule has 0 fully saturated rings. The van der Waals surface area contributed by atoms with Crippen LogP contribution in [0, 0.1) is 6.92 Å². The van der Waals surface area contributed by atoms with E-state index in [4.69, 9.17) is 23.2 Å². The van der Waals surface area contributed by atoms with Gasteiger partial charge >= 0.3 is 6.18 Å². The smallest absolute Gasteiger partial charge is 0.322 e. The van der Waals surface area contributed by atoms with E-state index in [1.54, 1.807) is 18.2 Å². The molecule has 168 valence electrons. The second-order valence-corrected chi connectivity index (χ2v) is 9.26. The van der Waals surface area contributed by atoms with Crippen molar-refractivity contribution in [1.82, 2.24) is 0 Å². The van der Waals surface area contributed by atoms with Crippen molar-refractivity contribution in [1.29, 1.82) is 0 Å². The van der Waals surface area contributed by atoms with Gasteiger partial charge in [-0.15, -0.1) is 0 Å². The molecule has 3 aromatic rings. The lowest BCUT2D eigenvalue weighted by molar-refractivity contribution is -0.137. The average molecular weight is 503 g/mol. The van der Waals surface area contributed by atoms with Gasteiger partial charge in [-0.3, -0.25) is 9.52 Å². The normalized spacial score (nSPS) is 11.8. The van der Waals surface area contributed by atoms with Crippen LogP contribution in [0.15, 0.2) is 65.6 Å². The maximum absolute atomic E-state index is 13.0. The molecule has 0 aliphatic rings. The minimum absolute atomic E-state index is 0.215. The molecule has 0 unspecified atom stereocenters. The molecule has 1 amide bonds. The molecule has 2 N–H and O–H groups in total. The summed E-state index contributed by atoms with van der Waals surface area (Å²) in [6.07, 6.45) is -4.74. The van der Waals surface area contributed by atoms with Gasteiger partial charge in [-0.1, -0.05) is 29.3 Å². The molecule has 5 nitrogen and oxygen atoms in total. The van der Waals surface area contributed by atoms with Gasteiger partial charge in [-0.25, -0.2) is 8.42 Å². The fraction of sp³-hybridized carbons (Fsp3) is 0.0952. The molecular formula is C21H15Cl2F3N2O3S. The maximum Gasteiger partial charge on any atom is 0.417 e. The van der Waals surface area contributed by atoms with Crippen molar-refractivity contribution in [3.63, 3.8) is 0 Å². The van der Waals surface area contributed by atoms with Crippen LogP contribution in [-0.2, 0) is 16.2 Å². The van der Waals surface area contributed by atoms with Crippen LogP contribution in [0.5, 0.6) is 0 Å². The van der Waals surface area contributed by atoms with Crippen molar-refractivity contribution in [2.24, 2.45) is 0 Å². The van der Waals surface area contributed by atoms with E-state index in [1.807, 2.05) is 6.92 Å². The summed E-state index contributed by atoms with van der Waals surface area (Å²) in [4.78, 5) is 12.2. The van der Waals surface area contributed by atoms with Crippen LogP contribution in [0.1, 0.15) is 21.5 Å². The molecule has 3 rings (SSSR count). The van der Waals surface area contributed by atoms with E-state index in [-0.39, 0.29) is 21.2 Å². The van der Waals surface area contributed by atoms with Gasteiger partial charge in [0.15, 0.2) is 0 Å². The van der Waals surface area contributed by atoms with Gasteiger partial charge in [-0.05, 0) is 67.1 Å². The number of amides is 1. The third kappa shape index (κ3) is 5.53. The topological polar surface area (TPSA) is 75.3 Å². The molecule has 32 heavy (non-hydrogen) atoms. The predicted molar refractivity (Wildman–Crippen MR) is 118 cm³/mol. The van der Waals surface area contributed by atoms with E-state index in [0.717, 1.165) is 17.7 Å². The fourth-order valence-corrected chi connectivity index (χ4v) is 4.34. The Morgan fingerprint density at radius 1 is 0.875 bits per heavy atom. The van der Waals surface area contributed by atoms with E-state index in [0.29, 0.717) is 11.8 Å². The number of benzene rings is 3. The van der Waals surface area contributed by atoms with E-state index in [1.165, 1.54) is 24.3 Å². The second kappa shape index (κ2) is 9.01. The first-order valence-corrected chi connectivity index (χ1v) is 11.2. The number of nitrogens with one attached hydrogen (secondary N) is 2. The number of rotatable bonds is 5. The first-order chi connectivity index (χ1) is 14.9. The highest BCUT2D eigenvalue weighted by molar-refractivity contribution is 7.92. The Kier molecular flexibility index (Phi) is 6.73. The molecule has 3 aromatic carbocycles. The zero-order chi connectivity index (χ0) is 23.7. The highest BCUT2D eigenvalue weighted by Crippen LogP contribution is 2.36. The number of aryl methyl sites for hydroxylation is 1. The van der Waals surface area contributed by atoms with Crippen molar-refractivity contribution in [3.05, 3.63) is 87.4 Å². The lowest BCUT2D eigenvalue weighted by Gasteiger charge is -2.13. The summed E-state index contributed by atoms with van der Waals surface area (Å²) in [6, 6.07) is 12.7. The van der Waals surface area contributed by atoms with Gasteiger partial charge in [-0.2, -0.15) is 13.2 Å². The molecule has 11 heteroatoms. The van der Waals surface area contributed by atoms with Crippen molar-refractivity contribution in [3.8, 4) is 0 Å². The fourth-order valence-electron chi connectivity index (χ4n) is 2.74. The van der Waals surface area contributed by atoms with Crippen molar-refractivity contribution >= 4 is 50.5 Å². The molecule has 0 aliphatic carbocycles. The third-order valence-corrected chi connectivity index (χ3v) is 6.36. The van der Waals surface area contributed by atoms with Gasteiger partial charge < -0.3 is 5.32 Å². The van der Waals surface area contributed by atoms with Gasteiger partial charge in [0.25, 0.3) is 15.9 Å². The average Bonchev–Trinajstić information content (AvgIpc) is 2.68. The molecule has 0 heterocycles. The number of halogens is 5. The van der Waals surface area contributed by atoms with Crippen LogP contribution < -0.4 is 10.0 Å². The standard InChI is InChI=1S/C21H15Cl2F3N2O3S/c1-12-2-8-16(19(23)10-12)20(29)27-13-3-6-15(7-4-13)32(30,31)28-14-5-9-18(22)17(11-14)21(24,25)26/h2-11,28H,1H3,(H,27,29). The lowest BCUT2D eigenvalue weighted by Crippen LogP contribution is -2.15. The molecular weight excluding hydrogens is 488 g/mol. The van der Waals surface area contributed by atoms with Crippen LogP contribution in [0.3, 0.4) is 0 Å². The molecule has 0 saturated carbocycles. The number of anilines is 2. The first kappa shape index (κ1) is 23.9. The summed E-state index contributed by atoms with van der Waals surface area (Å²) in [6.45, 7) is 1.83. The van der Waals surface area contributed by atoms with E-state index >= 15 is 0 Å². The van der Waals surface area contributed by atoms with Crippen molar-refractivity contribution < 1.29 is 26.4 Å². The quantitative estimate of drug-likeness (QED) is 0.425. The number of sulfonamides is 1. The largest absolute Gasteiger partial charge is 0.417 e. The summed E-state index contributed by atoms with van der Waals surface area (Å²) in [5.74, 6) is -0.482. The van der Waals surface area contributed by atoms with E-state index in [9.17, 15) is 26.4 Å².